The van der Waals surface area contributed by atoms with Gasteiger partial charge in [-0.1, -0.05) is 11.6 Å². The van der Waals surface area contributed by atoms with Crippen LogP contribution in [0.1, 0.15) is 36.2 Å². The smallest absolute Gasteiger partial charge is 0.271 e. The molecule has 30 heavy (non-hydrogen) atoms. The third kappa shape index (κ3) is 4.11. The SMILES string of the molecule is O=C(NC1CCC(C(=O)Nc2c(F)cc(F)cc2Cl)CC1)c1cnc2cccnn12. The lowest BCUT2D eigenvalue weighted by molar-refractivity contribution is -0.120. The molecule has 0 unspecified atom stereocenters. The molecule has 1 fully saturated rings. The zero-order valence-electron chi connectivity index (χ0n) is 15.7. The standard InChI is InChI=1S/C20H18ClF2N5O2/c21-14-8-12(22)9-15(23)18(14)27-19(29)11-3-5-13(6-4-11)26-20(30)16-10-24-17-2-1-7-25-28(16)17/h1-2,7-11,13H,3-6H2,(H,26,30)(H,27,29). The van der Waals surface area contributed by atoms with E-state index in [1.54, 1.807) is 18.3 Å². The van der Waals surface area contributed by atoms with E-state index in [-0.39, 0.29) is 34.5 Å². The van der Waals surface area contributed by atoms with Crippen LogP contribution in [0.15, 0.2) is 36.7 Å². The fourth-order valence-corrected chi connectivity index (χ4v) is 3.87. The van der Waals surface area contributed by atoms with E-state index in [4.69, 9.17) is 11.6 Å². The van der Waals surface area contributed by atoms with Gasteiger partial charge >= 0.3 is 0 Å². The summed E-state index contributed by atoms with van der Waals surface area (Å²) in [6, 6.07) is 5.01. The normalized spacial score (nSPS) is 18.9. The number of fused-ring (bicyclic) bond motifs is 1. The van der Waals surface area contributed by atoms with Crippen molar-refractivity contribution in [2.24, 2.45) is 5.92 Å². The summed E-state index contributed by atoms with van der Waals surface area (Å²) in [6.45, 7) is 0. The van der Waals surface area contributed by atoms with E-state index in [1.165, 1.54) is 10.7 Å². The second-order valence-corrected chi connectivity index (χ2v) is 7.60. The number of rotatable bonds is 4. The molecule has 2 amide bonds. The zero-order valence-corrected chi connectivity index (χ0v) is 16.5. The predicted octanol–water partition coefficient (Wildman–Crippen LogP) is 3.59. The molecule has 0 bridgehead atoms. The Kier molecular flexibility index (Phi) is 5.63. The molecule has 0 atom stereocenters. The van der Waals surface area contributed by atoms with Crippen molar-refractivity contribution in [3.63, 3.8) is 0 Å². The number of hydrogen-bond donors (Lipinski definition) is 2. The monoisotopic (exact) mass is 433 g/mol. The molecule has 0 saturated heterocycles. The Morgan fingerprint density at radius 1 is 1.17 bits per heavy atom. The van der Waals surface area contributed by atoms with Crippen LogP contribution < -0.4 is 10.6 Å². The fraction of sp³-hybridized carbons (Fsp3) is 0.300. The first-order chi connectivity index (χ1) is 14.4. The largest absolute Gasteiger partial charge is 0.348 e. The van der Waals surface area contributed by atoms with E-state index in [0.717, 1.165) is 6.07 Å². The van der Waals surface area contributed by atoms with Crippen molar-refractivity contribution in [3.05, 3.63) is 59.0 Å². The van der Waals surface area contributed by atoms with Gasteiger partial charge in [-0.25, -0.2) is 18.3 Å². The first-order valence-electron chi connectivity index (χ1n) is 9.47. The van der Waals surface area contributed by atoms with Gasteiger partial charge in [0.05, 0.1) is 16.9 Å². The van der Waals surface area contributed by atoms with Gasteiger partial charge in [0.1, 0.15) is 11.5 Å². The maximum absolute atomic E-state index is 13.9. The molecule has 2 aromatic heterocycles. The van der Waals surface area contributed by atoms with Gasteiger partial charge in [-0.2, -0.15) is 5.10 Å². The number of carbonyl (C=O) groups is 2. The lowest BCUT2D eigenvalue weighted by Gasteiger charge is -2.28. The lowest BCUT2D eigenvalue weighted by atomic mass is 9.85. The van der Waals surface area contributed by atoms with E-state index in [0.29, 0.717) is 43.1 Å². The maximum Gasteiger partial charge on any atom is 0.271 e. The summed E-state index contributed by atoms with van der Waals surface area (Å²) in [6.07, 6.45) is 5.26. The Balaban J connectivity index is 1.34. The van der Waals surface area contributed by atoms with Gasteiger partial charge in [-0.3, -0.25) is 9.59 Å². The summed E-state index contributed by atoms with van der Waals surface area (Å²) < 4.78 is 28.5. The minimum atomic E-state index is -0.920. The van der Waals surface area contributed by atoms with Crippen LogP contribution in [-0.4, -0.2) is 32.5 Å². The van der Waals surface area contributed by atoms with E-state index in [1.807, 2.05) is 0 Å². The number of hydrogen-bond acceptors (Lipinski definition) is 4. The molecule has 2 N–H and O–H groups in total. The number of aromatic nitrogens is 3. The van der Waals surface area contributed by atoms with Gasteiger partial charge < -0.3 is 10.6 Å². The second-order valence-electron chi connectivity index (χ2n) is 7.19. The minimum absolute atomic E-state index is 0.0954. The third-order valence-electron chi connectivity index (χ3n) is 5.20. The quantitative estimate of drug-likeness (QED) is 0.658. The van der Waals surface area contributed by atoms with Gasteiger partial charge in [0.15, 0.2) is 11.5 Å². The van der Waals surface area contributed by atoms with Crippen LogP contribution in [0.4, 0.5) is 14.5 Å². The minimum Gasteiger partial charge on any atom is -0.348 e. The van der Waals surface area contributed by atoms with Crippen LogP contribution in [0.5, 0.6) is 0 Å². The van der Waals surface area contributed by atoms with E-state index < -0.39 is 11.6 Å². The van der Waals surface area contributed by atoms with Crippen molar-refractivity contribution >= 4 is 34.7 Å². The summed E-state index contributed by atoms with van der Waals surface area (Å²) in [7, 11) is 0. The molecular weight excluding hydrogens is 416 g/mol. The highest BCUT2D eigenvalue weighted by Crippen LogP contribution is 2.30. The van der Waals surface area contributed by atoms with Crippen LogP contribution >= 0.6 is 11.6 Å². The number of amides is 2. The zero-order chi connectivity index (χ0) is 21.3. The molecule has 0 aliphatic heterocycles. The van der Waals surface area contributed by atoms with E-state index >= 15 is 0 Å². The summed E-state index contributed by atoms with van der Waals surface area (Å²) in [5.41, 5.74) is 0.695. The summed E-state index contributed by atoms with van der Waals surface area (Å²) in [5, 5.41) is 9.34. The molecule has 1 aliphatic rings. The Hall–Kier alpha value is -3.07. The van der Waals surface area contributed by atoms with Crippen LogP contribution in [0, 0.1) is 17.6 Å². The van der Waals surface area contributed by atoms with Crippen molar-refractivity contribution in [1.29, 1.82) is 0 Å². The second kappa shape index (κ2) is 8.35. The van der Waals surface area contributed by atoms with Crippen LogP contribution in [0.2, 0.25) is 5.02 Å². The Bertz CT molecular complexity index is 1090. The first-order valence-corrected chi connectivity index (χ1v) is 9.85. The number of nitrogens with one attached hydrogen (secondary N) is 2. The first kappa shape index (κ1) is 20.2. The fourth-order valence-electron chi connectivity index (χ4n) is 3.63. The Labute approximate surface area is 175 Å². The molecule has 0 spiro atoms. The molecule has 7 nitrogen and oxygen atoms in total. The number of benzene rings is 1. The molecule has 156 valence electrons. The average molecular weight is 434 g/mol. The molecule has 1 aliphatic carbocycles. The van der Waals surface area contributed by atoms with E-state index in [2.05, 4.69) is 20.7 Å². The summed E-state index contributed by atoms with van der Waals surface area (Å²) >= 11 is 5.83. The lowest BCUT2D eigenvalue weighted by Crippen LogP contribution is -2.40. The highest BCUT2D eigenvalue weighted by atomic mass is 35.5. The molecule has 1 aromatic carbocycles. The van der Waals surface area contributed by atoms with Crippen LogP contribution in [-0.2, 0) is 4.79 Å². The highest BCUT2D eigenvalue weighted by molar-refractivity contribution is 6.33. The summed E-state index contributed by atoms with van der Waals surface area (Å²) in [4.78, 5) is 29.2. The van der Waals surface area contributed by atoms with Gasteiger partial charge in [0.2, 0.25) is 5.91 Å². The average Bonchev–Trinajstić information content (AvgIpc) is 3.15. The number of nitrogens with zero attached hydrogens (tertiary/aromatic N) is 3. The van der Waals surface area contributed by atoms with Gasteiger partial charge in [0.25, 0.3) is 5.91 Å². The summed E-state index contributed by atoms with van der Waals surface area (Å²) in [5.74, 6) is -2.74. The number of imidazole rings is 1. The van der Waals surface area contributed by atoms with Crippen molar-refractivity contribution < 1.29 is 18.4 Å². The molecule has 0 radical (unpaired) electrons. The van der Waals surface area contributed by atoms with E-state index in [9.17, 15) is 18.4 Å². The number of anilines is 1. The van der Waals surface area contributed by atoms with Crippen molar-refractivity contribution in [1.82, 2.24) is 19.9 Å². The number of halogens is 3. The molecular formula is C20H18ClF2N5O2. The van der Waals surface area contributed by atoms with Gasteiger partial charge in [-0.05, 0) is 43.9 Å². The Morgan fingerprint density at radius 3 is 2.67 bits per heavy atom. The molecule has 2 heterocycles. The molecule has 1 saturated carbocycles. The molecule has 10 heteroatoms. The van der Waals surface area contributed by atoms with Crippen LogP contribution in [0.3, 0.4) is 0 Å². The van der Waals surface area contributed by atoms with Crippen LogP contribution in [0.25, 0.3) is 5.65 Å². The third-order valence-corrected chi connectivity index (χ3v) is 5.50. The highest BCUT2D eigenvalue weighted by Gasteiger charge is 2.29. The van der Waals surface area contributed by atoms with Crippen molar-refractivity contribution in [2.75, 3.05) is 5.32 Å². The predicted molar refractivity (Wildman–Crippen MR) is 106 cm³/mol. The Morgan fingerprint density at radius 2 is 1.93 bits per heavy atom. The molecule has 4 rings (SSSR count). The van der Waals surface area contributed by atoms with Crippen molar-refractivity contribution in [3.8, 4) is 0 Å². The van der Waals surface area contributed by atoms with Gasteiger partial charge in [0, 0.05) is 24.2 Å². The topological polar surface area (TPSA) is 88.4 Å². The van der Waals surface area contributed by atoms with Crippen molar-refractivity contribution in [2.45, 2.75) is 31.7 Å². The van der Waals surface area contributed by atoms with Gasteiger partial charge in [-0.15, -0.1) is 0 Å². The maximum atomic E-state index is 13.9. The number of carbonyl (C=O) groups excluding carboxylic acids is 2. The molecule has 3 aromatic rings.